The molecule has 0 atom stereocenters. The van der Waals surface area contributed by atoms with Crippen LogP contribution in [0.2, 0.25) is 0 Å². The SMILES string of the molecule is Cc1ccccc1/C=C/C(=O)c1ccccc1NS(=O)(=O)c1ccccc1. The van der Waals surface area contributed by atoms with Crippen molar-refractivity contribution >= 4 is 27.6 Å². The molecule has 1 N–H and O–H groups in total. The van der Waals surface area contributed by atoms with Crippen molar-refractivity contribution in [3.8, 4) is 0 Å². The Morgan fingerprint density at radius 1 is 0.852 bits per heavy atom. The third-order valence-electron chi connectivity index (χ3n) is 4.09. The van der Waals surface area contributed by atoms with E-state index in [9.17, 15) is 13.2 Å². The number of para-hydroxylation sites is 1. The first-order valence-corrected chi connectivity index (χ1v) is 9.90. The summed E-state index contributed by atoms with van der Waals surface area (Å²) in [4.78, 5) is 12.8. The average Bonchev–Trinajstić information content (AvgIpc) is 2.68. The Labute approximate surface area is 159 Å². The third-order valence-corrected chi connectivity index (χ3v) is 5.47. The zero-order valence-corrected chi connectivity index (χ0v) is 15.6. The quantitative estimate of drug-likeness (QED) is 0.501. The lowest BCUT2D eigenvalue weighted by atomic mass is 10.1. The fourth-order valence-electron chi connectivity index (χ4n) is 2.62. The maximum Gasteiger partial charge on any atom is 0.261 e. The zero-order valence-electron chi connectivity index (χ0n) is 14.8. The standard InChI is InChI=1S/C22H19NO3S/c1-17-9-5-6-10-18(17)15-16-22(24)20-13-7-8-14-21(20)23-27(25,26)19-11-3-2-4-12-19/h2-16,23H,1H3/b16-15+. The van der Waals surface area contributed by atoms with E-state index in [-0.39, 0.29) is 16.4 Å². The summed E-state index contributed by atoms with van der Waals surface area (Å²) in [6.45, 7) is 1.96. The first-order chi connectivity index (χ1) is 13.0. The second-order valence-corrected chi connectivity index (χ2v) is 7.70. The molecule has 3 aromatic carbocycles. The maximum absolute atomic E-state index is 12.7. The number of ketones is 1. The molecule has 0 radical (unpaired) electrons. The van der Waals surface area contributed by atoms with E-state index in [4.69, 9.17) is 0 Å². The molecule has 3 aromatic rings. The van der Waals surface area contributed by atoms with E-state index in [1.807, 2.05) is 31.2 Å². The van der Waals surface area contributed by atoms with Crippen LogP contribution in [0.1, 0.15) is 21.5 Å². The molecule has 0 bridgehead atoms. The number of hydrogen-bond acceptors (Lipinski definition) is 3. The molecule has 27 heavy (non-hydrogen) atoms. The molecule has 5 heteroatoms. The molecule has 0 fully saturated rings. The lowest BCUT2D eigenvalue weighted by molar-refractivity contribution is 0.104. The number of carbonyl (C=O) groups excluding carboxylic acids is 1. The summed E-state index contributed by atoms with van der Waals surface area (Å²) in [5, 5.41) is 0. The highest BCUT2D eigenvalue weighted by Gasteiger charge is 2.17. The Bertz CT molecular complexity index is 1090. The molecular formula is C22H19NO3S. The molecule has 136 valence electrons. The van der Waals surface area contributed by atoms with Gasteiger partial charge in [-0.1, -0.05) is 60.7 Å². The van der Waals surface area contributed by atoms with Gasteiger partial charge in [0.05, 0.1) is 10.6 Å². The van der Waals surface area contributed by atoms with Gasteiger partial charge in [0.15, 0.2) is 5.78 Å². The summed E-state index contributed by atoms with van der Waals surface area (Å²) < 4.78 is 27.6. The van der Waals surface area contributed by atoms with E-state index >= 15 is 0 Å². The van der Waals surface area contributed by atoms with Crippen molar-refractivity contribution in [2.75, 3.05) is 4.72 Å². The molecule has 0 aliphatic heterocycles. The Balaban J connectivity index is 1.88. The van der Waals surface area contributed by atoms with E-state index in [0.29, 0.717) is 5.56 Å². The van der Waals surface area contributed by atoms with Gasteiger partial charge in [0.25, 0.3) is 10.0 Å². The molecular weight excluding hydrogens is 358 g/mol. The minimum atomic E-state index is -3.77. The molecule has 0 unspecified atom stereocenters. The number of benzene rings is 3. The molecule has 0 heterocycles. The van der Waals surface area contributed by atoms with Crippen LogP contribution in [0.3, 0.4) is 0 Å². The fraction of sp³-hybridized carbons (Fsp3) is 0.0455. The number of aryl methyl sites for hydroxylation is 1. The topological polar surface area (TPSA) is 63.2 Å². The number of rotatable bonds is 6. The molecule has 0 aliphatic rings. The molecule has 3 rings (SSSR count). The normalized spacial score (nSPS) is 11.4. The van der Waals surface area contributed by atoms with Crippen molar-refractivity contribution < 1.29 is 13.2 Å². The van der Waals surface area contributed by atoms with Gasteiger partial charge >= 0.3 is 0 Å². The highest BCUT2D eigenvalue weighted by atomic mass is 32.2. The van der Waals surface area contributed by atoms with Gasteiger partial charge in [-0.25, -0.2) is 8.42 Å². The summed E-state index contributed by atoms with van der Waals surface area (Å²) in [6, 6.07) is 22.3. The van der Waals surface area contributed by atoms with Crippen molar-refractivity contribution in [3.63, 3.8) is 0 Å². The minimum absolute atomic E-state index is 0.141. The van der Waals surface area contributed by atoms with Crippen LogP contribution in [0, 0.1) is 6.92 Å². The molecule has 0 saturated heterocycles. The van der Waals surface area contributed by atoms with Gasteiger partial charge in [0.2, 0.25) is 0 Å². The molecule has 0 saturated carbocycles. The van der Waals surface area contributed by atoms with Crippen molar-refractivity contribution in [1.29, 1.82) is 0 Å². The largest absolute Gasteiger partial charge is 0.289 e. The second kappa shape index (κ2) is 8.01. The number of sulfonamides is 1. The van der Waals surface area contributed by atoms with Crippen LogP contribution in [0.15, 0.2) is 89.8 Å². The first kappa shape index (κ1) is 18.6. The molecule has 0 aromatic heterocycles. The van der Waals surface area contributed by atoms with E-state index < -0.39 is 10.0 Å². The summed E-state index contributed by atoms with van der Waals surface area (Å²) in [5.41, 5.74) is 2.54. The van der Waals surface area contributed by atoms with Crippen molar-refractivity contribution in [3.05, 3.63) is 102 Å². The summed E-state index contributed by atoms with van der Waals surface area (Å²) in [6.07, 6.45) is 3.19. The van der Waals surface area contributed by atoms with Crippen LogP contribution in [-0.2, 0) is 10.0 Å². The first-order valence-electron chi connectivity index (χ1n) is 8.42. The number of anilines is 1. The Morgan fingerprint density at radius 2 is 1.48 bits per heavy atom. The van der Waals surface area contributed by atoms with Crippen LogP contribution in [-0.4, -0.2) is 14.2 Å². The third kappa shape index (κ3) is 4.51. The highest BCUT2D eigenvalue weighted by molar-refractivity contribution is 7.92. The van der Waals surface area contributed by atoms with E-state index in [2.05, 4.69) is 4.72 Å². The molecule has 4 nitrogen and oxygen atoms in total. The Hall–Kier alpha value is -3.18. The fourth-order valence-corrected chi connectivity index (χ4v) is 3.72. The van der Waals surface area contributed by atoms with Crippen LogP contribution < -0.4 is 4.72 Å². The van der Waals surface area contributed by atoms with Gasteiger partial charge in [-0.3, -0.25) is 9.52 Å². The Kier molecular flexibility index (Phi) is 5.52. The maximum atomic E-state index is 12.7. The van der Waals surface area contributed by atoms with Crippen LogP contribution in [0.5, 0.6) is 0 Å². The predicted molar refractivity (Wildman–Crippen MR) is 108 cm³/mol. The lowest BCUT2D eigenvalue weighted by Crippen LogP contribution is -2.15. The number of carbonyl (C=O) groups is 1. The van der Waals surface area contributed by atoms with E-state index in [1.54, 1.807) is 48.5 Å². The van der Waals surface area contributed by atoms with E-state index in [1.165, 1.54) is 18.2 Å². The minimum Gasteiger partial charge on any atom is -0.289 e. The molecule has 0 spiro atoms. The van der Waals surface area contributed by atoms with Crippen molar-refractivity contribution in [2.24, 2.45) is 0 Å². The van der Waals surface area contributed by atoms with E-state index in [0.717, 1.165) is 11.1 Å². The summed E-state index contributed by atoms with van der Waals surface area (Å²) in [5.74, 6) is -0.274. The van der Waals surface area contributed by atoms with Gasteiger partial charge < -0.3 is 0 Å². The number of allylic oxidation sites excluding steroid dienone is 1. The predicted octanol–water partition coefficient (Wildman–Crippen LogP) is 4.69. The van der Waals surface area contributed by atoms with Gasteiger partial charge in [-0.2, -0.15) is 0 Å². The molecule has 0 amide bonds. The summed E-state index contributed by atoms with van der Waals surface area (Å²) in [7, 11) is -3.77. The average molecular weight is 377 g/mol. The zero-order chi connectivity index (χ0) is 19.3. The van der Waals surface area contributed by atoms with Crippen LogP contribution in [0.4, 0.5) is 5.69 Å². The van der Waals surface area contributed by atoms with Gasteiger partial charge in [-0.05, 0) is 48.4 Å². The van der Waals surface area contributed by atoms with Crippen LogP contribution in [0.25, 0.3) is 6.08 Å². The highest BCUT2D eigenvalue weighted by Crippen LogP contribution is 2.21. The van der Waals surface area contributed by atoms with Crippen molar-refractivity contribution in [1.82, 2.24) is 0 Å². The smallest absolute Gasteiger partial charge is 0.261 e. The second-order valence-electron chi connectivity index (χ2n) is 6.02. The van der Waals surface area contributed by atoms with Crippen molar-refractivity contribution in [2.45, 2.75) is 11.8 Å². The number of nitrogens with one attached hydrogen (secondary N) is 1. The van der Waals surface area contributed by atoms with Crippen LogP contribution >= 0.6 is 0 Å². The Morgan fingerprint density at radius 3 is 2.22 bits per heavy atom. The molecule has 0 aliphatic carbocycles. The summed E-state index contributed by atoms with van der Waals surface area (Å²) >= 11 is 0. The monoisotopic (exact) mass is 377 g/mol. The van der Waals surface area contributed by atoms with Gasteiger partial charge in [0, 0.05) is 5.56 Å². The number of hydrogen-bond donors (Lipinski definition) is 1. The van der Waals surface area contributed by atoms with Gasteiger partial charge in [0.1, 0.15) is 0 Å². The van der Waals surface area contributed by atoms with Gasteiger partial charge in [-0.15, -0.1) is 0 Å². The lowest BCUT2D eigenvalue weighted by Gasteiger charge is -2.11.